The molecule has 120 valence electrons. The van der Waals surface area contributed by atoms with Crippen molar-refractivity contribution in [1.29, 1.82) is 0 Å². The normalized spacial score (nSPS) is 22.5. The molecule has 0 bridgehead atoms. The number of unbranched alkanes of at least 4 members (excludes halogenated alkanes) is 1. The molecule has 1 heterocycles. The molecule has 1 saturated heterocycles. The summed E-state index contributed by atoms with van der Waals surface area (Å²) in [6.07, 6.45) is 6.98. The maximum atomic E-state index is 13.1. The van der Waals surface area contributed by atoms with Crippen LogP contribution in [-0.4, -0.2) is 36.1 Å². The Morgan fingerprint density at radius 1 is 1.32 bits per heavy atom. The van der Waals surface area contributed by atoms with Crippen LogP contribution in [0.2, 0.25) is 0 Å². The van der Waals surface area contributed by atoms with Crippen molar-refractivity contribution in [1.82, 2.24) is 4.90 Å². The summed E-state index contributed by atoms with van der Waals surface area (Å²) in [5.74, 6) is 0.0487. The Labute approximate surface area is 131 Å². The standard InChI is InChI=1S/C18H24FNO2/c1-20-12-15(6-4-2-3-5-7-18(21)22)17(13-20)14-8-10-16(19)11-9-14/h2,4,8-11,15,17H,3,5-7,12-13H2,1H3,(H,21,22)/t15-,17-/m0/s1. The minimum atomic E-state index is -0.734. The van der Waals surface area contributed by atoms with E-state index >= 15 is 0 Å². The molecule has 1 N–H and O–H groups in total. The molecule has 1 fully saturated rings. The van der Waals surface area contributed by atoms with Gasteiger partial charge in [-0.3, -0.25) is 4.79 Å². The molecule has 0 radical (unpaired) electrons. The highest BCUT2D eigenvalue weighted by molar-refractivity contribution is 5.66. The molecule has 22 heavy (non-hydrogen) atoms. The van der Waals surface area contributed by atoms with E-state index < -0.39 is 5.97 Å². The highest BCUT2D eigenvalue weighted by atomic mass is 19.1. The van der Waals surface area contributed by atoms with Crippen LogP contribution in [0.15, 0.2) is 36.4 Å². The summed E-state index contributed by atoms with van der Waals surface area (Å²) in [6.45, 7) is 2.05. The topological polar surface area (TPSA) is 40.5 Å². The van der Waals surface area contributed by atoms with Crippen LogP contribution in [0.3, 0.4) is 0 Å². The summed E-state index contributed by atoms with van der Waals surface area (Å²) in [6, 6.07) is 6.85. The lowest BCUT2D eigenvalue weighted by Gasteiger charge is -2.17. The van der Waals surface area contributed by atoms with Gasteiger partial charge in [0.15, 0.2) is 0 Å². The Kier molecular flexibility index (Phi) is 6.13. The molecule has 0 spiro atoms. The summed E-state index contributed by atoms with van der Waals surface area (Å²) >= 11 is 0. The number of likely N-dealkylation sites (tertiary alicyclic amines) is 1. The first-order chi connectivity index (χ1) is 10.6. The molecule has 1 aromatic rings. The molecular weight excluding hydrogens is 281 g/mol. The van der Waals surface area contributed by atoms with E-state index in [9.17, 15) is 9.18 Å². The van der Waals surface area contributed by atoms with E-state index in [-0.39, 0.29) is 12.2 Å². The zero-order valence-electron chi connectivity index (χ0n) is 13.0. The number of halogens is 1. The second-order valence-corrected chi connectivity index (χ2v) is 6.13. The Balaban J connectivity index is 1.87. The number of likely N-dealkylation sites (N-methyl/N-ethyl adjacent to an activating group) is 1. The fourth-order valence-corrected chi connectivity index (χ4v) is 3.17. The van der Waals surface area contributed by atoms with Gasteiger partial charge >= 0.3 is 5.97 Å². The van der Waals surface area contributed by atoms with E-state index in [1.54, 1.807) is 0 Å². The van der Waals surface area contributed by atoms with Gasteiger partial charge in [0.2, 0.25) is 0 Å². The lowest BCUT2D eigenvalue weighted by molar-refractivity contribution is -0.137. The number of carbonyl (C=O) groups is 1. The number of hydrogen-bond acceptors (Lipinski definition) is 2. The van der Waals surface area contributed by atoms with Gasteiger partial charge < -0.3 is 10.0 Å². The smallest absolute Gasteiger partial charge is 0.303 e. The number of rotatable bonds is 7. The van der Waals surface area contributed by atoms with Crippen molar-refractivity contribution in [2.24, 2.45) is 5.92 Å². The molecule has 0 saturated carbocycles. The molecule has 2 rings (SSSR count). The molecule has 1 aliphatic heterocycles. The summed E-state index contributed by atoms with van der Waals surface area (Å²) in [4.78, 5) is 12.8. The number of benzene rings is 1. The van der Waals surface area contributed by atoms with Gasteiger partial charge in [0.25, 0.3) is 0 Å². The summed E-state index contributed by atoms with van der Waals surface area (Å²) in [5.41, 5.74) is 1.20. The first-order valence-corrected chi connectivity index (χ1v) is 7.87. The lowest BCUT2D eigenvalue weighted by Crippen LogP contribution is -2.13. The first kappa shape index (κ1) is 16.7. The van der Waals surface area contributed by atoms with E-state index in [1.165, 1.54) is 17.7 Å². The molecule has 1 aromatic carbocycles. The number of hydrogen-bond donors (Lipinski definition) is 1. The maximum absolute atomic E-state index is 13.1. The van der Waals surface area contributed by atoms with Crippen molar-refractivity contribution < 1.29 is 14.3 Å². The molecule has 1 aliphatic rings. The van der Waals surface area contributed by atoms with E-state index in [2.05, 4.69) is 24.1 Å². The fourth-order valence-electron chi connectivity index (χ4n) is 3.17. The highest BCUT2D eigenvalue weighted by Gasteiger charge is 2.30. The number of carboxylic acid groups (broad SMARTS) is 1. The van der Waals surface area contributed by atoms with E-state index in [0.717, 1.165) is 25.9 Å². The first-order valence-electron chi connectivity index (χ1n) is 7.87. The van der Waals surface area contributed by atoms with Gasteiger partial charge in [-0.25, -0.2) is 4.39 Å². The average molecular weight is 305 g/mol. The third-order valence-corrected chi connectivity index (χ3v) is 4.29. The predicted molar refractivity (Wildman–Crippen MR) is 85.4 cm³/mol. The van der Waals surface area contributed by atoms with E-state index in [1.807, 2.05) is 12.1 Å². The monoisotopic (exact) mass is 305 g/mol. The van der Waals surface area contributed by atoms with Gasteiger partial charge in [-0.2, -0.15) is 0 Å². The number of aliphatic carboxylic acids is 1. The van der Waals surface area contributed by atoms with Crippen molar-refractivity contribution >= 4 is 5.97 Å². The Bertz CT molecular complexity index is 512. The fraction of sp³-hybridized carbons (Fsp3) is 0.500. The molecule has 0 unspecified atom stereocenters. The van der Waals surface area contributed by atoms with Gasteiger partial charge in [-0.1, -0.05) is 24.3 Å². The summed E-state index contributed by atoms with van der Waals surface area (Å²) < 4.78 is 13.1. The van der Waals surface area contributed by atoms with Crippen LogP contribution < -0.4 is 0 Å². The molecule has 2 atom stereocenters. The Morgan fingerprint density at radius 2 is 2.05 bits per heavy atom. The zero-order chi connectivity index (χ0) is 15.9. The van der Waals surface area contributed by atoms with Crippen molar-refractivity contribution in [2.75, 3.05) is 20.1 Å². The van der Waals surface area contributed by atoms with Crippen LogP contribution in [-0.2, 0) is 4.79 Å². The van der Waals surface area contributed by atoms with Crippen molar-refractivity contribution in [3.8, 4) is 0 Å². The highest BCUT2D eigenvalue weighted by Crippen LogP contribution is 2.34. The molecule has 4 heteroatoms. The number of carboxylic acids is 1. The quantitative estimate of drug-likeness (QED) is 0.617. The SMILES string of the molecule is CN1C[C@H](CC=CCCCC(=O)O)[C@H](c2ccc(F)cc2)C1. The molecule has 0 aliphatic carbocycles. The molecule has 0 aromatic heterocycles. The van der Waals surface area contributed by atoms with Crippen molar-refractivity contribution in [3.05, 3.63) is 47.8 Å². The second-order valence-electron chi connectivity index (χ2n) is 6.13. The summed E-state index contributed by atoms with van der Waals surface area (Å²) in [5, 5.41) is 8.60. The zero-order valence-corrected chi connectivity index (χ0v) is 13.0. The number of allylic oxidation sites excluding steroid dienone is 2. The van der Waals surface area contributed by atoms with Gasteiger partial charge in [0, 0.05) is 25.4 Å². The van der Waals surface area contributed by atoms with Crippen LogP contribution in [0, 0.1) is 11.7 Å². The third-order valence-electron chi connectivity index (χ3n) is 4.29. The van der Waals surface area contributed by atoms with Crippen LogP contribution in [0.4, 0.5) is 4.39 Å². The third kappa shape index (κ3) is 4.95. The molecule has 0 amide bonds. The predicted octanol–water partition coefficient (Wildman–Crippen LogP) is 3.67. The molecular formula is C18H24FNO2. The van der Waals surface area contributed by atoms with E-state index in [4.69, 9.17) is 5.11 Å². The van der Waals surface area contributed by atoms with Crippen molar-refractivity contribution in [3.63, 3.8) is 0 Å². The van der Waals surface area contributed by atoms with Gasteiger partial charge in [0.1, 0.15) is 5.82 Å². The van der Waals surface area contributed by atoms with E-state index in [0.29, 0.717) is 18.3 Å². The van der Waals surface area contributed by atoms with Gasteiger partial charge in [-0.05, 0) is 49.9 Å². The number of nitrogens with zero attached hydrogens (tertiary/aromatic N) is 1. The van der Waals surface area contributed by atoms with Crippen LogP contribution >= 0.6 is 0 Å². The second kappa shape index (κ2) is 8.08. The maximum Gasteiger partial charge on any atom is 0.303 e. The average Bonchev–Trinajstić information content (AvgIpc) is 2.84. The van der Waals surface area contributed by atoms with Crippen LogP contribution in [0.5, 0.6) is 0 Å². The Morgan fingerprint density at radius 3 is 2.73 bits per heavy atom. The van der Waals surface area contributed by atoms with Gasteiger partial charge in [0.05, 0.1) is 0 Å². The van der Waals surface area contributed by atoms with Gasteiger partial charge in [-0.15, -0.1) is 0 Å². The summed E-state index contributed by atoms with van der Waals surface area (Å²) in [7, 11) is 2.12. The largest absolute Gasteiger partial charge is 0.481 e. The van der Waals surface area contributed by atoms with Crippen LogP contribution in [0.1, 0.15) is 37.2 Å². The lowest BCUT2D eigenvalue weighted by atomic mass is 9.86. The minimum Gasteiger partial charge on any atom is -0.481 e. The Hall–Kier alpha value is -1.68. The van der Waals surface area contributed by atoms with Crippen molar-refractivity contribution in [2.45, 2.75) is 31.6 Å². The van der Waals surface area contributed by atoms with Crippen LogP contribution in [0.25, 0.3) is 0 Å². The minimum absolute atomic E-state index is 0.190. The molecule has 3 nitrogen and oxygen atoms in total.